The zero-order valence-electron chi connectivity index (χ0n) is 13.7. The number of aromatic nitrogens is 4. The Hall–Kier alpha value is -3.68. The first-order valence-electron chi connectivity index (χ1n) is 8.05. The van der Waals surface area contributed by atoms with E-state index in [1.807, 2.05) is 0 Å². The Kier molecular flexibility index (Phi) is 4.06. The van der Waals surface area contributed by atoms with Crippen LogP contribution in [0.15, 0.2) is 59.7 Å². The van der Waals surface area contributed by atoms with Gasteiger partial charge in [0.05, 0.1) is 29.3 Å². The number of nitrogens with one attached hydrogen (secondary N) is 2. The predicted molar refractivity (Wildman–Crippen MR) is 93.0 cm³/mol. The molecule has 4 aromatic rings. The highest BCUT2D eigenvalue weighted by Crippen LogP contribution is 2.21. The average Bonchev–Trinajstić information content (AvgIpc) is 3.32. The van der Waals surface area contributed by atoms with E-state index < -0.39 is 0 Å². The van der Waals surface area contributed by atoms with E-state index in [0.29, 0.717) is 41.2 Å². The molecule has 0 fully saturated rings. The molecule has 4 heterocycles. The number of carbonyl (C=O) groups is 1. The lowest BCUT2D eigenvalue weighted by atomic mass is 10.2. The largest absolute Gasteiger partial charge is 0.619 e. The summed E-state index contributed by atoms with van der Waals surface area (Å²) in [4.78, 5) is 24.2. The van der Waals surface area contributed by atoms with E-state index in [2.05, 4.69) is 20.3 Å². The van der Waals surface area contributed by atoms with E-state index >= 15 is 0 Å². The summed E-state index contributed by atoms with van der Waals surface area (Å²) in [5.74, 6) is 0.325. The normalized spacial score (nSPS) is 10.9. The fraction of sp³-hybridized carbons (Fsp3) is 0.111. The van der Waals surface area contributed by atoms with Gasteiger partial charge in [0.15, 0.2) is 17.5 Å². The molecule has 0 radical (unpaired) electrons. The number of furan rings is 1. The summed E-state index contributed by atoms with van der Waals surface area (Å²) < 4.78 is 5.85. The van der Waals surface area contributed by atoms with Crippen molar-refractivity contribution in [1.29, 1.82) is 0 Å². The molecule has 0 aromatic carbocycles. The van der Waals surface area contributed by atoms with Gasteiger partial charge in [0.1, 0.15) is 12.1 Å². The smallest absolute Gasteiger partial charge is 0.253 e. The fourth-order valence-electron chi connectivity index (χ4n) is 2.69. The first kappa shape index (κ1) is 15.8. The molecule has 0 aliphatic heterocycles. The Morgan fingerprint density at radius 1 is 1.31 bits per heavy atom. The van der Waals surface area contributed by atoms with Crippen LogP contribution in [0.25, 0.3) is 22.6 Å². The number of amides is 1. The molecule has 0 aliphatic carbocycles. The highest BCUT2D eigenvalue weighted by atomic mass is 16.5. The summed E-state index contributed by atoms with van der Waals surface area (Å²) in [5.41, 5.74) is 2.82. The third-order valence-corrected chi connectivity index (χ3v) is 4.00. The molecule has 8 heteroatoms. The Bertz CT molecular complexity index is 1060. The van der Waals surface area contributed by atoms with E-state index in [1.54, 1.807) is 49.1 Å². The van der Waals surface area contributed by atoms with Crippen molar-refractivity contribution in [3.05, 3.63) is 71.7 Å². The minimum absolute atomic E-state index is 0.256. The molecule has 0 spiro atoms. The Balaban J connectivity index is 1.52. The number of hydrogen-bond acceptors (Lipinski definition) is 5. The van der Waals surface area contributed by atoms with Crippen LogP contribution >= 0.6 is 0 Å². The van der Waals surface area contributed by atoms with Crippen molar-refractivity contribution in [1.82, 2.24) is 20.3 Å². The summed E-state index contributed by atoms with van der Waals surface area (Å²) in [6, 6.07) is 8.59. The molecule has 4 rings (SSSR count). The van der Waals surface area contributed by atoms with Gasteiger partial charge in [-0.3, -0.25) is 4.79 Å². The molecule has 0 atom stereocenters. The molecule has 0 saturated carbocycles. The van der Waals surface area contributed by atoms with Gasteiger partial charge < -0.3 is 19.9 Å². The standard InChI is InChI=1S/C18H15N5O3/c24-18(20-7-4-13-3-1-2-9-23(13)25)14-5-8-19-17-15(14)21-16(22-17)12-6-10-26-11-12/h1-3,5-6,8-11H,4,7H2,(H,20,24)(H,19,21,22). The number of H-pyrrole nitrogens is 1. The van der Waals surface area contributed by atoms with Crippen LogP contribution in [0.5, 0.6) is 0 Å². The molecule has 0 aliphatic rings. The molecule has 130 valence electrons. The van der Waals surface area contributed by atoms with Crippen LogP contribution in [0.2, 0.25) is 0 Å². The fourth-order valence-corrected chi connectivity index (χ4v) is 2.69. The maximum Gasteiger partial charge on any atom is 0.253 e. The number of imidazole rings is 1. The SMILES string of the molecule is O=C(NCCc1cccc[n+]1[O-])c1ccnc2nc(-c3ccoc3)[nH]c12. The van der Waals surface area contributed by atoms with Crippen molar-refractivity contribution in [3.63, 3.8) is 0 Å². The molecule has 8 nitrogen and oxygen atoms in total. The van der Waals surface area contributed by atoms with Crippen molar-refractivity contribution in [2.75, 3.05) is 6.54 Å². The minimum Gasteiger partial charge on any atom is -0.619 e. The highest BCUT2D eigenvalue weighted by Gasteiger charge is 2.15. The number of fused-ring (bicyclic) bond motifs is 1. The van der Waals surface area contributed by atoms with Gasteiger partial charge in [-0.05, 0) is 12.1 Å². The van der Waals surface area contributed by atoms with Gasteiger partial charge >= 0.3 is 0 Å². The van der Waals surface area contributed by atoms with E-state index in [4.69, 9.17) is 4.42 Å². The number of carbonyl (C=O) groups excluding carboxylic acids is 1. The van der Waals surface area contributed by atoms with E-state index in [-0.39, 0.29) is 5.91 Å². The highest BCUT2D eigenvalue weighted by molar-refractivity contribution is 6.04. The topological polar surface area (TPSA) is 111 Å². The molecule has 0 bridgehead atoms. The zero-order valence-corrected chi connectivity index (χ0v) is 13.7. The van der Waals surface area contributed by atoms with Gasteiger partial charge in [-0.2, -0.15) is 4.73 Å². The lowest BCUT2D eigenvalue weighted by molar-refractivity contribution is -0.613. The second-order valence-electron chi connectivity index (χ2n) is 5.68. The summed E-state index contributed by atoms with van der Waals surface area (Å²) >= 11 is 0. The molecule has 26 heavy (non-hydrogen) atoms. The number of aromatic amines is 1. The lowest BCUT2D eigenvalue weighted by Crippen LogP contribution is -2.34. The van der Waals surface area contributed by atoms with Gasteiger partial charge in [0.25, 0.3) is 5.91 Å². The summed E-state index contributed by atoms with van der Waals surface area (Å²) in [5, 5.41) is 14.5. The molecule has 1 amide bonds. The van der Waals surface area contributed by atoms with Crippen molar-refractivity contribution in [3.8, 4) is 11.4 Å². The van der Waals surface area contributed by atoms with Crippen molar-refractivity contribution >= 4 is 17.1 Å². The van der Waals surface area contributed by atoms with Crippen molar-refractivity contribution < 1.29 is 13.9 Å². The number of hydrogen-bond donors (Lipinski definition) is 2. The molecule has 4 aromatic heterocycles. The summed E-state index contributed by atoms with van der Waals surface area (Å²) in [6.07, 6.45) is 6.53. The quantitative estimate of drug-likeness (QED) is 0.422. The van der Waals surface area contributed by atoms with Gasteiger partial charge in [0.2, 0.25) is 0 Å². The molecular weight excluding hydrogens is 334 g/mol. The maximum atomic E-state index is 12.5. The predicted octanol–water partition coefficient (Wildman–Crippen LogP) is 1.82. The summed E-state index contributed by atoms with van der Waals surface area (Å²) in [6.45, 7) is 0.345. The maximum absolute atomic E-state index is 12.5. The van der Waals surface area contributed by atoms with E-state index in [1.165, 1.54) is 6.20 Å². The first-order valence-corrected chi connectivity index (χ1v) is 8.05. The average molecular weight is 349 g/mol. The van der Waals surface area contributed by atoms with Gasteiger partial charge in [-0.25, -0.2) is 9.97 Å². The Morgan fingerprint density at radius 2 is 2.23 bits per heavy atom. The van der Waals surface area contributed by atoms with E-state index in [0.717, 1.165) is 10.3 Å². The molecule has 0 saturated heterocycles. The van der Waals surface area contributed by atoms with Crippen LogP contribution in [0.3, 0.4) is 0 Å². The second kappa shape index (κ2) is 6.67. The Morgan fingerprint density at radius 3 is 3.04 bits per heavy atom. The molecule has 2 N–H and O–H groups in total. The van der Waals surface area contributed by atoms with Crippen LogP contribution in [0.1, 0.15) is 16.1 Å². The summed E-state index contributed by atoms with van der Waals surface area (Å²) in [7, 11) is 0. The third-order valence-electron chi connectivity index (χ3n) is 4.00. The van der Waals surface area contributed by atoms with Crippen LogP contribution in [0, 0.1) is 5.21 Å². The number of rotatable bonds is 5. The zero-order chi connectivity index (χ0) is 17.9. The monoisotopic (exact) mass is 349 g/mol. The van der Waals surface area contributed by atoms with Gasteiger partial charge in [-0.1, -0.05) is 6.07 Å². The Labute approximate surface area is 148 Å². The van der Waals surface area contributed by atoms with Crippen LogP contribution < -0.4 is 10.0 Å². The second-order valence-corrected chi connectivity index (χ2v) is 5.68. The van der Waals surface area contributed by atoms with Crippen LogP contribution in [-0.4, -0.2) is 27.4 Å². The van der Waals surface area contributed by atoms with Crippen LogP contribution in [-0.2, 0) is 6.42 Å². The third kappa shape index (κ3) is 3.00. The van der Waals surface area contributed by atoms with Crippen LogP contribution in [0.4, 0.5) is 0 Å². The van der Waals surface area contributed by atoms with Gasteiger partial charge in [0, 0.05) is 24.9 Å². The van der Waals surface area contributed by atoms with Crippen molar-refractivity contribution in [2.45, 2.75) is 6.42 Å². The number of nitrogens with zero attached hydrogens (tertiary/aromatic N) is 3. The minimum atomic E-state index is -0.256. The molecule has 0 unspecified atom stereocenters. The lowest BCUT2D eigenvalue weighted by Gasteiger charge is -2.06. The molecular formula is C18H15N5O3. The number of pyridine rings is 2. The van der Waals surface area contributed by atoms with E-state index in [9.17, 15) is 10.0 Å². The van der Waals surface area contributed by atoms with Crippen molar-refractivity contribution in [2.24, 2.45) is 0 Å². The first-order chi connectivity index (χ1) is 12.7. The van der Waals surface area contributed by atoms with Gasteiger partial charge in [-0.15, -0.1) is 0 Å².